The Morgan fingerprint density at radius 2 is 1.00 bits per heavy atom. The first-order valence-corrected chi connectivity index (χ1v) is 15.1. The summed E-state index contributed by atoms with van der Waals surface area (Å²) in [6.07, 6.45) is 21.3. The van der Waals surface area contributed by atoms with Crippen LogP contribution in [0.3, 0.4) is 0 Å². The van der Waals surface area contributed by atoms with Crippen LogP contribution < -0.4 is 12.4 Å². The number of quaternary nitrogens is 1. The summed E-state index contributed by atoms with van der Waals surface area (Å²) < 4.78 is 13.0. The molecule has 0 saturated carbocycles. The summed E-state index contributed by atoms with van der Waals surface area (Å²) in [5.74, 6) is 0. The topological polar surface area (TPSA) is 18.5 Å². The van der Waals surface area contributed by atoms with E-state index in [0.29, 0.717) is 5.54 Å². The lowest BCUT2D eigenvalue weighted by atomic mass is 10.0. The fourth-order valence-electron chi connectivity index (χ4n) is 4.24. The molecule has 0 heterocycles. The van der Waals surface area contributed by atoms with Gasteiger partial charge in [0.2, 0.25) is 0 Å². The highest BCUT2D eigenvalue weighted by Gasteiger charge is 2.24. The van der Waals surface area contributed by atoms with E-state index < -0.39 is 9.28 Å². The van der Waals surface area contributed by atoms with E-state index in [4.69, 9.17) is 8.85 Å². The second-order valence-electron chi connectivity index (χ2n) is 10.0. The molecule has 0 aliphatic heterocycles. The lowest BCUT2D eigenvalue weighted by Gasteiger charge is -2.32. The van der Waals surface area contributed by atoms with Crippen LogP contribution in [0, 0.1) is 0 Å². The Kier molecular flexibility index (Phi) is 25.5. The first-order chi connectivity index (χ1) is 14.5. The van der Waals surface area contributed by atoms with Crippen LogP contribution in [0.25, 0.3) is 0 Å². The van der Waals surface area contributed by atoms with E-state index in [-0.39, 0.29) is 12.4 Å². The molecule has 0 amide bonds. The molecule has 0 radical (unpaired) electrons. The first-order valence-electron chi connectivity index (χ1n) is 13.5. The van der Waals surface area contributed by atoms with Gasteiger partial charge in [-0.1, -0.05) is 90.9 Å². The minimum Gasteiger partial charge on any atom is -1.00 e. The highest BCUT2D eigenvalue weighted by atomic mass is 35.5. The number of nitrogens with zero attached hydrogens (tertiary/aromatic N) is 1. The monoisotopic (exact) mass is 479 g/mol. The first kappa shape index (κ1) is 33.6. The molecule has 0 aliphatic rings. The molecule has 0 fully saturated rings. The van der Waals surface area contributed by atoms with Gasteiger partial charge in [-0.05, 0) is 26.7 Å². The van der Waals surface area contributed by atoms with Gasteiger partial charge in [-0.2, -0.15) is 0 Å². The standard InChI is InChI=1S/C26H58NO2Si.ClH/c1-7-10-11-12-13-14-15-16-17-18-19-20-21-22-24-27(5,6)25-23-26(4)30(28-8-2)29-9-3;/h26,30H,7-25H2,1-6H3;1H/q+1;/p-1. The lowest BCUT2D eigenvalue weighted by molar-refractivity contribution is -0.890. The third-order valence-corrected chi connectivity index (χ3v) is 9.02. The van der Waals surface area contributed by atoms with Crippen LogP contribution >= 0.6 is 0 Å². The van der Waals surface area contributed by atoms with Crippen molar-refractivity contribution in [1.29, 1.82) is 0 Å². The molecule has 0 rings (SSSR count). The molecular formula is C26H58ClNO2Si. The second kappa shape index (κ2) is 23.5. The van der Waals surface area contributed by atoms with Gasteiger partial charge in [-0.15, -0.1) is 0 Å². The number of rotatable bonds is 23. The summed E-state index contributed by atoms with van der Waals surface area (Å²) in [7, 11) is 3.30. The highest BCUT2D eigenvalue weighted by Crippen LogP contribution is 2.19. The Hall–Kier alpha value is 0.387. The molecule has 0 N–H and O–H groups in total. The third-order valence-electron chi connectivity index (χ3n) is 6.43. The summed E-state index contributed by atoms with van der Waals surface area (Å²) in [6.45, 7) is 12.9. The van der Waals surface area contributed by atoms with E-state index in [1.54, 1.807) is 0 Å². The van der Waals surface area contributed by atoms with Crippen molar-refractivity contribution in [2.75, 3.05) is 40.4 Å². The maximum atomic E-state index is 5.91. The number of halogens is 1. The van der Waals surface area contributed by atoms with E-state index in [2.05, 4.69) is 41.8 Å². The molecule has 0 bridgehead atoms. The molecule has 0 saturated heterocycles. The summed E-state index contributed by atoms with van der Waals surface area (Å²) >= 11 is 0. The molecule has 0 aromatic heterocycles. The smallest absolute Gasteiger partial charge is 0.324 e. The Bertz CT molecular complexity index is 352. The van der Waals surface area contributed by atoms with E-state index in [1.807, 2.05) is 0 Å². The fraction of sp³-hybridized carbons (Fsp3) is 1.00. The van der Waals surface area contributed by atoms with E-state index in [0.717, 1.165) is 17.7 Å². The average Bonchev–Trinajstić information content (AvgIpc) is 2.72. The molecule has 1 unspecified atom stereocenters. The highest BCUT2D eigenvalue weighted by molar-refractivity contribution is 6.46. The zero-order valence-corrected chi connectivity index (χ0v) is 24.1. The Morgan fingerprint density at radius 3 is 1.39 bits per heavy atom. The SMILES string of the molecule is CCCCCCCCCCCCCCCC[N+](C)(C)CCC(C)[SiH](OCC)OCC.[Cl-]. The lowest BCUT2D eigenvalue weighted by Crippen LogP contribution is -3.00. The molecule has 1 atom stereocenters. The Labute approximate surface area is 204 Å². The van der Waals surface area contributed by atoms with Gasteiger partial charge in [0.25, 0.3) is 0 Å². The van der Waals surface area contributed by atoms with Gasteiger partial charge in [0, 0.05) is 25.2 Å². The summed E-state index contributed by atoms with van der Waals surface area (Å²) in [6, 6.07) is 0. The van der Waals surface area contributed by atoms with Gasteiger partial charge in [-0.25, -0.2) is 0 Å². The molecule has 190 valence electrons. The second-order valence-corrected chi connectivity index (χ2v) is 12.6. The minimum absolute atomic E-state index is 0. The average molecular weight is 480 g/mol. The van der Waals surface area contributed by atoms with E-state index >= 15 is 0 Å². The van der Waals surface area contributed by atoms with Crippen LogP contribution in [0.2, 0.25) is 5.54 Å². The van der Waals surface area contributed by atoms with Crippen LogP contribution in [0.1, 0.15) is 124 Å². The molecule has 3 nitrogen and oxygen atoms in total. The molecular weight excluding hydrogens is 422 g/mol. The summed E-state index contributed by atoms with van der Waals surface area (Å²) in [5.41, 5.74) is 0.596. The quantitative estimate of drug-likeness (QED) is 0.121. The van der Waals surface area contributed by atoms with Crippen LogP contribution in [0.5, 0.6) is 0 Å². The minimum atomic E-state index is -1.49. The van der Waals surface area contributed by atoms with Crippen molar-refractivity contribution in [1.82, 2.24) is 0 Å². The van der Waals surface area contributed by atoms with Crippen molar-refractivity contribution in [2.45, 2.75) is 130 Å². The van der Waals surface area contributed by atoms with Crippen molar-refractivity contribution in [3.8, 4) is 0 Å². The van der Waals surface area contributed by atoms with Crippen LogP contribution in [-0.2, 0) is 8.85 Å². The molecule has 31 heavy (non-hydrogen) atoms. The zero-order chi connectivity index (χ0) is 22.5. The molecule has 0 spiro atoms. The van der Waals surface area contributed by atoms with Gasteiger partial charge in [0.1, 0.15) is 0 Å². The van der Waals surface area contributed by atoms with E-state index in [9.17, 15) is 0 Å². The van der Waals surface area contributed by atoms with Crippen molar-refractivity contribution in [3.05, 3.63) is 0 Å². The number of unbranched alkanes of at least 4 members (excludes halogenated alkanes) is 13. The molecule has 0 aromatic carbocycles. The van der Waals surface area contributed by atoms with Crippen LogP contribution in [-0.4, -0.2) is 54.2 Å². The van der Waals surface area contributed by atoms with Gasteiger partial charge in [-0.3, -0.25) is 0 Å². The fourth-order valence-corrected chi connectivity index (χ4v) is 6.07. The van der Waals surface area contributed by atoms with Crippen molar-refractivity contribution >= 4 is 9.28 Å². The van der Waals surface area contributed by atoms with Gasteiger partial charge < -0.3 is 25.7 Å². The van der Waals surface area contributed by atoms with Crippen LogP contribution in [0.15, 0.2) is 0 Å². The van der Waals surface area contributed by atoms with Crippen molar-refractivity contribution in [3.63, 3.8) is 0 Å². The van der Waals surface area contributed by atoms with Crippen molar-refractivity contribution < 1.29 is 25.7 Å². The predicted molar refractivity (Wildman–Crippen MR) is 137 cm³/mol. The van der Waals surface area contributed by atoms with Gasteiger partial charge >= 0.3 is 9.28 Å². The zero-order valence-electron chi connectivity index (χ0n) is 22.2. The van der Waals surface area contributed by atoms with Gasteiger partial charge in [0.15, 0.2) is 0 Å². The van der Waals surface area contributed by atoms with Crippen LogP contribution in [0.4, 0.5) is 0 Å². The van der Waals surface area contributed by atoms with Gasteiger partial charge in [0.05, 0.1) is 27.2 Å². The molecule has 5 heteroatoms. The number of hydrogen-bond donors (Lipinski definition) is 0. The van der Waals surface area contributed by atoms with Crippen molar-refractivity contribution in [2.24, 2.45) is 0 Å². The maximum absolute atomic E-state index is 5.91. The molecule has 0 aliphatic carbocycles. The Balaban J connectivity index is 0. The predicted octanol–water partition coefficient (Wildman–Crippen LogP) is 4.62. The summed E-state index contributed by atoms with van der Waals surface area (Å²) in [4.78, 5) is 0. The van der Waals surface area contributed by atoms with E-state index in [1.165, 1.54) is 109 Å². The third kappa shape index (κ3) is 22.0. The normalized spacial score (nSPS) is 12.9. The molecule has 0 aromatic rings. The summed E-state index contributed by atoms with van der Waals surface area (Å²) in [5, 5.41) is 0. The number of hydrogen-bond acceptors (Lipinski definition) is 2. The largest absolute Gasteiger partial charge is 1.00 e. The maximum Gasteiger partial charge on any atom is 0.324 e. The Morgan fingerprint density at radius 1 is 0.613 bits per heavy atom.